The van der Waals surface area contributed by atoms with Gasteiger partial charge in [0.05, 0.1) is 0 Å². The van der Waals surface area contributed by atoms with Crippen LogP contribution in [-0.4, -0.2) is 12.5 Å². The lowest BCUT2D eigenvalue weighted by Gasteiger charge is -2.01. The molecule has 4 heteroatoms. The molecular weight excluding hydrogens is 246 g/mol. The summed E-state index contributed by atoms with van der Waals surface area (Å²) in [5, 5.41) is 0. The molecule has 18 heavy (non-hydrogen) atoms. The van der Waals surface area contributed by atoms with Crippen molar-refractivity contribution in [3.05, 3.63) is 0 Å². The Balaban J connectivity index is 0. The van der Waals surface area contributed by atoms with E-state index < -0.39 is 0 Å². The van der Waals surface area contributed by atoms with Gasteiger partial charge in [-0.2, -0.15) is 0 Å². The van der Waals surface area contributed by atoms with E-state index in [9.17, 15) is 0 Å². The molecule has 0 rings (SSSR count). The molecular formula is C14H32ClN3. The summed E-state index contributed by atoms with van der Waals surface area (Å²) in [7, 11) is 0. The molecule has 0 fully saturated rings. The predicted molar refractivity (Wildman–Crippen MR) is 84.4 cm³/mol. The highest BCUT2D eigenvalue weighted by atomic mass is 35.5. The van der Waals surface area contributed by atoms with Gasteiger partial charge in [0.2, 0.25) is 0 Å². The third-order valence-electron chi connectivity index (χ3n) is 3.06. The van der Waals surface area contributed by atoms with Gasteiger partial charge in [-0.15, -0.1) is 12.4 Å². The van der Waals surface area contributed by atoms with Gasteiger partial charge in [-0.3, -0.25) is 4.99 Å². The average molecular weight is 278 g/mol. The summed E-state index contributed by atoms with van der Waals surface area (Å²) < 4.78 is 0. The molecule has 0 aliphatic carbocycles. The second kappa shape index (κ2) is 16.6. The summed E-state index contributed by atoms with van der Waals surface area (Å²) in [6.45, 7) is 3.06. The molecule has 0 bridgehead atoms. The van der Waals surface area contributed by atoms with Crippen molar-refractivity contribution in [2.24, 2.45) is 16.5 Å². The lowest BCUT2D eigenvalue weighted by Crippen LogP contribution is -2.22. The van der Waals surface area contributed by atoms with Crippen molar-refractivity contribution in [2.75, 3.05) is 6.54 Å². The maximum absolute atomic E-state index is 5.25. The number of halogens is 1. The molecule has 0 spiro atoms. The number of rotatable bonds is 12. The van der Waals surface area contributed by atoms with Crippen LogP contribution in [0.5, 0.6) is 0 Å². The predicted octanol–water partition coefficient (Wildman–Crippen LogP) is 3.99. The Morgan fingerprint density at radius 2 is 1.11 bits per heavy atom. The zero-order valence-electron chi connectivity index (χ0n) is 12.0. The van der Waals surface area contributed by atoms with Crippen molar-refractivity contribution in [3.63, 3.8) is 0 Å². The zero-order chi connectivity index (χ0) is 12.8. The third-order valence-corrected chi connectivity index (χ3v) is 3.06. The summed E-state index contributed by atoms with van der Waals surface area (Å²) in [4.78, 5) is 3.97. The fourth-order valence-electron chi connectivity index (χ4n) is 1.98. The Morgan fingerprint density at radius 3 is 1.50 bits per heavy atom. The maximum atomic E-state index is 5.25. The van der Waals surface area contributed by atoms with Crippen molar-refractivity contribution in [2.45, 2.75) is 77.6 Å². The number of guanidine groups is 1. The number of hydrogen-bond donors (Lipinski definition) is 2. The minimum Gasteiger partial charge on any atom is -0.370 e. The molecule has 0 aromatic heterocycles. The normalized spacial score (nSPS) is 9.83. The number of aliphatic imine (C=N–C) groups is 1. The molecule has 0 aliphatic rings. The molecule has 0 saturated heterocycles. The molecule has 3 nitrogen and oxygen atoms in total. The van der Waals surface area contributed by atoms with Gasteiger partial charge < -0.3 is 11.5 Å². The molecule has 0 aromatic carbocycles. The van der Waals surface area contributed by atoms with Crippen LogP contribution in [0.4, 0.5) is 0 Å². The van der Waals surface area contributed by atoms with E-state index in [4.69, 9.17) is 11.5 Å². The van der Waals surface area contributed by atoms with E-state index >= 15 is 0 Å². The fraction of sp³-hybridized carbons (Fsp3) is 0.929. The first kappa shape index (κ1) is 19.9. The summed E-state index contributed by atoms with van der Waals surface area (Å²) >= 11 is 0. The van der Waals surface area contributed by atoms with Crippen LogP contribution in [-0.2, 0) is 0 Å². The standard InChI is InChI=1S/C14H31N3.ClH/c1-2-3-4-5-6-7-8-9-10-11-12-13-17-14(15)16;/h2-13H2,1H3,(H4,15,16,17);1H. The number of unbranched alkanes of at least 4 members (excludes halogenated alkanes) is 10. The van der Waals surface area contributed by atoms with Crippen molar-refractivity contribution in [1.29, 1.82) is 0 Å². The van der Waals surface area contributed by atoms with E-state index in [1.54, 1.807) is 0 Å². The lowest BCUT2D eigenvalue weighted by atomic mass is 10.1. The topological polar surface area (TPSA) is 64.4 Å². The first-order valence-corrected chi connectivity index (χ1v) is 7.32. The molecule has 0 aliphatic heterocycles. The number of hydrogen-bond acceptors (Lipinski definition) is 1. The number of nitrogens with zero attached hydrogens (tertiary/aromatic N) is 1. The fourth-order valence-corrected chi connectivity index (χ4v) is 1.98. The van der Waals surface area contributed by atoms with Gasteiger partial charge in [-0.1, -0.05) is 71.1 Å². The highest BCUT2D eigenvalue weighted by Crippen LogP contribution is 2.11. The minimum atomic E-state index is 0. The smallest absolute Gasteiger partial charge is 0.185 e. The highest BCUT2D eigenvalue weighted by molar-refractivity contribution is 5.85. The second-order valence-electron chi connectivity index (χ2n) is 4.84. The Hall–Kier alpha value is -0.440. The van der Waals surface area contributed by atoms with Crippen molar-refractivity contribution in [1.82, 2.24) is 0 Å². The first-order chi connectivity index (χ1) is 8.27. The van der Waals surface area contributed by atoms with Gasteiger partial charge >= 0.3 is 0 Å². The Bertz CT molecular complexity index is 180. The molecule has 0 amide bonds. The van der Waals surface area contributed by atoms with Crippen LogP contribution in [0.2, 0.25) is 0 Å². The Kier molecular flexibility index (Phi) is 18.3. The van der Waals surface area contributed by atoms with E-state index in [-0.39, 0.29) is 18.4 Å². The van der Waals surface area contributed by atoms with E-state index in [0.717, 1.165) is 13.0 Å². The van der Waals surface area contributed by atoms with E-state index in [1.165, 1.54) is 64.2 Å². The van der Waals surface area contributed by atoms with Gasteiger partial charge in [-0.05, 0) is 6.42 Å². The summed E-state index contributed by atoms with van der Waals surface area (Å²) in [5.74, 6) is 0.220. The zero-order valence-corrected chi connectivity index (χ0v) is 12.8. The summed E-state index contributed by atoms with van der Waals surface area (Å²) in [6.07, 6.45) is 14.9. The van der Waals surface area contributed by atoms with Crippen molar-refractivity contribution in [3.8, 4) is 0 Å². The van der Waals surface area contributed by atoms with Gasteiger partial charge in [0.15, 0.2) is 5.96 Å². The summed E-state index contributed by atoms with van der Waals surface area (Å²) in [5.41, 5.74) is 10.5. The quantitative estimate of drug-likeness (QED) is 0.322. The molecule has 0 unspecified atom stereocenters. The van der Waals surface area contributed by atoms with Crippen molar-refractivity contribution < 1.29 is 0 Å². The molecule has 0 heterocycles. The molecule has 0 radical (unpaired) electrons. The van der Waals surface area contributed by atoms with Gasteiger partial charge in [0.1, 0.15) is 0 Å². The van der Waals surface area contributed by atoms with Crippen molar-refractivity contribution >= 4 is 18.4 Å². The van der Waals surface area contributed by atoms with E-state index in [0.29, 0.717) is 0 Å². The SMILES string of the molecule is CCCCCCCCCCCCCN=C(N)N.Cl. The van der Waals surface area contributed by atoms with Crippen LogP contribution in [0.3, 0.4) is 0 Å². The largest absolute Gasteiger partial charge is 0.370 e. The monoisotopic (exact) mass is 277 g/mol. The van der Waals surface area contributed by atoms with Gasteiger partial charge in [0.25, 0.3) is 0 Å². The highest BCUT2D eigenvalue weighted by Gasteiger charge is 1.92. The van der Waals surface area contributed by atoms with Crippen LogP contribution in [0, 0.1) is 0 Å². The minimum absolute atomic E-state index is 0. The molecule has 0 atom stereocenters. The third kappa shape index (κ3) is 17.9. The van der Waals surface area contributed by atoms with E-state index in [1.807, 2.05) is 0 Å². The van der Waals surface area contributed by atoms with Crippen LogP contribution >= 0.6 is 12.4 Å². The van der Waals surface area contributed by atoms with Crippen LogP contribution in [0.15, 0.2) is 4.99 Å². The van der Waals surface area contributed by atoms with Crippen LogP contribution in [0.25, 0.3) is 0 Å². The Labute approximate surface area is 119 Å². The molecule has 0 saturated carbocycles. The first-order valence-electron chi connectivity index (χ1n) is 7.32. The van der Waals surface area contributed by atoms with E-state index in [2.05, 4.69) is 11.9 Å². The lowest BCUT2D eigenvalue weighted by molar-refractivity contribution is 0.551. The maximum Gasteiger partial charge on any atom is 0.185 e. The number of nitrogens with two attached hydrogens (primary N) is 2. The molecule has 4 N–H and O–H groups in total. The molecule has 110 valence electrons. The molecule has 0 aromatic rings. The summed E-state index contributed by atoms with van der Waals surface area (Å²) in [6, 6.07) is 0. The van der Waals surface area contributed by atoms with Crippen LogP contribution in [0.1, 0.15) is 77.6 Å². The van der Waals surface area contributed by atoms with Crippen LogP contribution < -0.4 is 11.5 Å². The average Bonchev–Trinajstić information content (AvgIpc) is 2.30. The second-order valence-corrected chi connectivity index (χ2v) is 4.84. The van der Waals surface area contributed by atoms with Gasteiger partial charge in [-0.25, -0.2) is 0 Å². The van der Waals surface area contributed by atoms with Gasteiger partial charge in [0, 0.05) is 6.54 Å². The Morgan fingerprint density at radius 1 is 0.722 bits per heavy atom.